The van der Waals surface area contributed by atoms with Crippen LogP contribution in [0.2, 0.25) is 0 Å². The Bertz CT molecular complexity index is 56.3. The molecule has 0 bridgehead atoms. The maximum absolute atomic E-state index is 2.23. The minimum Gasteiger partial charge on any atom is -0.412 e. The van der Waals surface area contributed by atoms with E-state index >= 15 is 0 Å². The van der Waals surface area contributed by atoms with Gasteiger partial charge in [0.2, 0.25) is 0 Å². The summed E-state index contributed by atoms with van der Waals surface area (Å²) in [4.78, 5) is 0. The van der Waals surface area contributed by atoms with Crippen LogP contribution >= 0.6 is 0 Å². The number of hydrogen-bond donors (Lipinski definition) is 0. The van der Waals surface area contributed by atoms with Crippen molar-refractivity contribution in [3.63, 3.8) is 0 Å². The van der Waals surface area contributed by atoms with Crippen LogP contribution in [0.5, 0.6) is 0 Å². The Hall–Kier alpha value is -0.0800. The van der Waals surface area contributed by atoms with Crippen LogP contribution in [-0.2, 0) is 0 Å². The van der Waals surface area contributed by atoms with Crippen LogP contribution in [0.4, 0.5) is 0 Å². The quantitative estimate of drug-likeness (QED) is 0.512. The molecule has 0 heterocycles. The average Bonchev–Trinajstić information content (AvgIpc) is 2.45. The van der Waals surface area contributed by atoms with Gasteiger partial charge in [0.25, 0.3) is 0 Å². The van der Waals surface area contributed by atoms with Crippen LogP contribution in [0.25, 0.3) is 0 Å². The van der Waals surface area contributed by atoms with Gasteiger partial charge < -0.3 is 11.0 Å². The van der Waals surface area contributed by atoms with Gasteiger partial charge in [-0.25, -0.2) is 0 Å². The van der Waals surface area contributed by atoms with E-state index in [1.165, 1.54) is 64.2 Å². The van der Waals surface area contributed by atoms with E-state index in [0.717, 1.165) is 0 Å². The summed E-state index contributed by atoms with van der Waals surface area (Å²) in [6, 6.07) is 0. The molecule has 4 N–H and O–H groups in total. The summed E-state index contributed by atoms with van der Waals surface area (Å²) in [5.74, 6) is 0. The molecule has 0 unspecified atom stereocenters. The monoisotopic (exact) mass is 296 g/mol. The lowest BCUT2D eigenvalue weighted by molar-refractivity contribution is 0.702. The second-order valence-corrected chi connectivity index (χ2v) is 4.71. The van der Waals surface area contributed by atoms with Gasteiger partial charge in [-0.05, 0) is 0 Å². The van der Waals surface area contributed by atoms with Gasteiger partial charge in [0, 0.05) is 0 Å². The van der Waals surface area contributed by atoms with Crippen molar-refractivity contribution in [2.45, 2.75) is 120 Å². The van der Waals surface area contributed by atoms with Gasteiger partial charge >= 0.3 is 0 Å². The molecule has 0 atom stereocenters. The predicted octanol–water partition coefficient (Wildman–Crippen LogP) is 6.36. The zero-order chi connectivity index (χ0) is 15.1. The highest BCUT2D eigenvalue weighted by molar-refractivity contribution is 4.31. The summed E-state index contributed by atoms with van der Waals surface area (Å²) in [5.41, 5.74) is 0. The first kappa shape index (κ1) is 36.8. The topological polar surface area (TPSA) is 63.0 Å². The van der Waals surface area contributed by atoms with Crippen LogP contribution in [0.15, 0.2) is 0 Å². The van der Waals surface area contributed by atoms with E-state index in [1.807, 2.05) is 0 Å². The Morgan fingerprint density at radius 2 is 0.450 bits per heavy atom. The molecule has 0 spiro atoms. The lowest BCUT2D eigenvalue weighted by Crippen LogP contribution is -1.66. The zero-order valence-electron chi connectivity index (χ0n) is 16.1. The van der Waals surface area contributed by atoms with Gasteiger partial charge in [-0.1, -0.05) is 120 Å². The van der Waals surface area contributed by atoms with E-state index < -0.39 is 0 Å². The molecule has 0 radical (unpaired) electrons. The number of rotatable bonds is 6. The Morgan fingerprint density at radius 1 is 0.300 bits per heavy atom. The normalized spacial score (nSPS) is 7.20. The average molecular weight is 297 g/mol. The smallest absolute Gasteiger partial charge is 0.0536 e. The second-order valence-electron chi connectivity index (χ2n) is 4.71. The summed E-state index contributed by atoms with van der Waals surface area (Å²) < 4.78 is 0. The summed E-state index contributed by atoms with van der Waals surface area (Å²) in [6.07, 6.45) is 13.5. The van der Waals surface area contributed by atoms with Crippen LogP contribution in [0.3, 0.4) is 0 Å². The molecular weight excluding hydrogens is 248 g/mol. The Labute approximate surface area is 131 Å². The van der Waals surface area contributed by atoms with Crippen LogP contribution in [-0.4, -0.2) is 11.0 Å². The third-order valence-corrected chi connectivity index (χ3v) is 2.46. The van der Waals surface area contributed by atoms with E-state index in [2.05, 4.69) is 55.4 Å². The van der Waals surface area contributed by atoms with Crippen molar-refractivity contribution in [1.82, 2.24) is 0 Å². The maximum Gasteiger partial charge on any atom is -0.0536 e. The standard InChI is InChI=1S/C6H14.3C4H10.2H2O/c1-3-5-6-4-2;3*1-3-4-2;;/h3-6H2,1-2H3;3*3-4H2,1-2H3;2*1H2. The van der Waals surface area contributed by atoms with Crippen LogP contribution < -0.4 is 0 Å². The first-order chi connectivity index (χ1) is 8.66. The molecule has 0 saturated heterocycles. The van der Waals surface area contributed by atoms with Crippen LogP contribution in [0.1, 0.15) is 120 Å². The molecule has 0 aromatic carbocycles. The van der Waals surface area contributed by atoms with Crippen molar-refractivity contribution < 1.29 is 11.0 Å². The Kier molecular flexibility index (Phi) is 114. The van der Waals surface area contributed by atoms with Gasteiger partial charge in [-0.2, -0.15) is 0 Å². The molecule has 0 aromatic heterocycles. The molecule has 0 amide bonds. The molecule has 0 saturated carbocycles. The fourth-order valence-corrected chi connectivity index (χ4v) is 0.500. The molecule has 0 aromatic rings. The maximum atomic E-state index is 2.23. The summed E-state index contributed by atoms with van der Waals surface area (Å²) in [6.45, 7) is 17.5. The molecule has 0 rings (SSSR count). The molecular formula is C18H48O2. The third-order valence-electron chi connectivity index (χ3n) is 2.46. The fourth-order valence-electron chi connectivity index (χ4n) is 0.500. The van der Waals surface area contributed by atoms with Crippen molar-refractivity contribution in [2.75, 3.05) is 0 Å². The SMILES string of the molecule is CCCC.CCCC.CCCC.CCCCCC.O.O. The molecule has 0 aliphatic heterocycles. The van der Waals surface area contributed by atoms with Crippen molar-refractivity contribution in [3.8, 4) is 0 Å². The highest BCUT2D eigenvalue weighted by Crippen LogP contribution is 1.95. The third kappa shape index (κ3) is 146. The minimum atomic E-state index is 0. The van der Waals surface area contributed by atoms with Crippen molar-refractivity contribution in [1.29, 1.82) is 0 Å². The summed E-state index contributed by atoms with van der Waals surface area (Å²) in [5, 5.41) is 0. The van der Waals surface area contributed by atoms with Crippen molar-refractivity contribution in [3.05, 3.63) is 0 Å². The molecule has 2 heteroatoms. The van der Waals surface area contributed by atoms with E-state index in [9.17, 15) is 0 Å². The Balaban J connectivity index is -0.0000000322. The molecule has 0 aliphatic rings. The first-order valence-corrected chi connectivity index (χ1v) is 8.66. The first-order valence-electron chi connectivity index (χ1n) is 8.66. The molecule has 20 heavy (non-hydrogen) atoms. The van der Waals surface area contributed by atoms with Crippen LogP contribution in [0, 0.1) is 0 Å². The Morgan fingerprint density at radius 3 is 0.500 bits per heavy atom. The predicted molar refractivity (Wildman–Crippen MR) is 98.8 cm³/mol. The van der Waals surface area contributed by atoms with E-state index in [0.29, 0.717) is 0 Å². The van der Waals surface area contributed by atoms with E-state index in [4.69, 9.17) is 0 Å². The van der Waals surface area contributed by atoms with Gasteiger partial charge in [0.1, 0.15) is 0 Å². The number of unbranched alkanes of at least 4 members (excludes halogenated alkanes) is 6. The van der Waals surface area contributed by atoms with E-state index in [-0.39, 0.29) is 11.0 Å². The lowest BCUT2D eigenvalue weighted by atomic mass is 10.2. The minimum absolute atomic E-state index is 0. The van der Waals surface area contributed by atoms with E-state index in [1.54, 1.807) is 0 Å². The van der Waals surface area contributed by atoms with Gasteiger partial charge in [-0.15, -0.1) is 0 Å². The lowest BCUT2D eigenvalue weighted by Gasteiger charge is -1.86. The fraction of sp³-hybridized carbons (Fsp3) is 1.00. The molecule has 0 aliphatic carbocycles. The van der Waals surface area contributed by atoms with Gasteiger partial charge in [-0.3, -0.25) is 0 Å². The van der Waals surface area contributed by atoms with Gasteiger partial charge in [0.15, 0.2) is 0 Å². The van der Waals surface area contributed by atoms with Crippen molar-refractivity contribution in [2.24, 2.45) is 0 Å². The summed E-state index contributed by atoms with van der Waals surface area (Å²) >= 11 is 0. The second kappa shape index (κ2) is 61.7. The van der Waals surface area contributed by atoms with Crippen molar-refractivity contribution >= 4 is 0 Å². The zero-order valence-corrected chi connectivity index (χ0v) is 16.1. The number of hydrogen-bond acceptors (Lipinski definition) is 0. The summed E-state index contributed by atoms with van der Waals surface area (Å²) in [7, 11) is 0. The highest BCUT2D eigenvalue weighted by Gasteiger charge is 1.75. The molecule has 132 valence electrons. The highest BCUT2D eigenvalue weighted by atomic mass is 16.0. The molecule has 2 nitrogen and oxygen atoms in total. The largest absolute Gasteiger partial charge is 0.412 e. The van der Waals surface area contributed by atoms with Gasteiger partial charge in [0.05, 0.1) is 0 Å². The molecule has 0 fully saturated rings.